The molecule has 1 heterocycles. The Balaban J connectivity index is 0.00000220. The quantitative estimate of drug-likeness (QED) is 0.867. The zero-order valence-electron chi connectivity index (χ0n) is 12.8. The number of rotatable bonds is 4. The molecule has 1 N–H and O–H groups in total. The van der Waals surface area contributed by atoms with Crippen LogP contribution in [0.5, 0.6) is 0 Å². The molecule has 0 saturated carbocycles. The summed E-state index contributed by atoms with van der Waals surface area (Å²) in [6, 6.07) is 8.33. The lowest BCUT2D eigenvalue weighted by Gasteiger charge is -2.27. The SMILES string of the molecule is COC(=O)c1cccc(CN(C)C2CCCNCC2)c1.Cl. The average Bonchev–Trinajstić information content (AvgIpc) is 2.76. The van der Waals surface area contributed by atoms with Gasteiger partial charge in [-0.05, 0) is 57.1 Å². The second kappa shape index (κ2) is 9.03. The van der Waals surface area contributed by atoms with Crippen LogP contribution < -0.4 is 5.32 Å². The summed E-state index contributed by atoms with van der Waals surface area (Å²) in [6.45, 7) is 3.09. The fourth-order valence-corrected chi connectivity index (χ4v) is 2.77. The lowest BCUT2D eigenvalue weighted by molar-refractivity contribution is 0.0600. The first kappa shape index (κ1) is 18.0. The van der Waals surface area contributed by atoms with Crippen LogP contribution in [0.1, 0.15) is 35.2 Å². The van der Waals surface area contributed by atoms with Gasteiger partial charge >= 0.3 is 5.97 Å². The normalized spacial score (nSPS) is 18.7. The van der Waals surface area contributed by atoms with Gasteiger partial charge in [0.15, 0.2) is 0 Å². The molecule has 1 atom stereocenters. The molecule has 118 valence electrons. The maximum atomic E-state index is 11.6. The number of ether oxygens (including phenoxy) is 1. The number of esters is 1. The monoisotopic (exact) mass is 312 g/mol. The maximum Gasteiger partial charge on any atom is 0.337 e. The van der Waals surface area contributed by atoms with Crippen LogP contribution in [0.3, 0.4) is 0 Å². The van der Waals surface area contributed by atoms with E-state index in [2.05, 4.69) is 23.3 Å². The molecule has 1 aliphatic rings. The van der Waals surface area contributed by atoms with Crippen molar-refractivity contribution in [2.45, 2.75) is 31.8 Å². The van der Waals surface area contributed by atoms with Crippen molar-refractivity contribution < 1.29 is 9.53 Å². The molecule has 0 spiro atoms. The van der Waals surface area contributed by atoms with Crippen molar-refractivity contribution in [3.63, 3.8) is 0 Å². The number of hydrogen-bond acceptors (Lipinski definition) is 4. The molecule has 0 amide bonds. The van der Waals surface area contributed by atoms with Crippen LogP contribution in [0.15, 0.2) is 24.3 Å². The van der Waals surface area contributed by atoms with Crippen LogP contribution in [0.25, 0.3) is 0 Å². The molecule has 1 aromatic rings. The van der Waals surface area contributed by atoms with Gasteiger partial charge in [-0.3, -0.25) is 4.90 Å². The van der Waals surface area contributed by atoms with Crippen molar-refractivity contribution in [1.82, 2.24) is 10.2 Å². The zero-order valence-corrected chi connectivity index (χ0v) is 13.6. The number of benzene rings is 1. The van der Waals surface area contributed by atoms with Crippen molar-refractivity contribution in [2.75, 3.05) is 27.2 Å². The number of carbonyl (C=O) groups excluding carboxylic acids is 1. The summed E-state index contributed by atoms with van der Waals surface area (Å²) in [7, 11) is 3.58. The molecule has 21 heavy (non-hydrogen) atoms. The highest BCUT2D eigenvalue weighted by Gasteiger charge is 2.17. The fraction of sp³-hybridized carbons (Fsp3) is 0.562. The van der Waals surface area contributed by atoms with Gasteiger partial charge in [0.1, 0.15) is 0 Å². The van der Waals surface area contributed by atoms with Crippen molar-refractivity contribution in [2.24, 2.45) is 0 Å². The van der Waals surface area contributed by atoms with Crippen LogP contribution in [0.4, 0.5) is 0 Å². The summed E-state index contributed by atoms with van der Waals surface area (Å²) in [4.78, 5) is 13.9. The molecule has 1 saturated heterocycles. The van der Waals surface area contributed by atoms with E-state index in [-0.39, 0.29) is 18.4 Å². The highest BCUT2D eigenvalue weighted by molar-refractivity contribution is 5.89. The predicted molar refractivity (Wildman–Crippen MR) is 87.0 cm³/mol. The Morgan fingerprint density at radius 1 is 1.38 bits per heavy atom. The zero-order chi connectivity index (χ0) is 14.4. The molecule has 4 nitrogen and oxygen atoms in total. The molecule has 0 radical (unpaired) electrons. The van der Waals surface area contributed by atoms with Gasteiger partial charge < -0.3 is 10.1 Å². The summed E-state index contributed by atoms with van der Waals surface area (Å²) >= 11 is 0. The van der Waals surface area contributed by atoms with E-state index in [0.29, 0.717) is 11.6 Å². The molecule has 0 bridgehead atoms. The van der Waals surface area contributed by atoms with Gasteiger partial charge in [0.05, 0.1) is 12.7 Å². The first-order valence-corrected chi connectivity index (χ1v) is 7.29. The highest BCUT2D eigenvalue weighted by Crippen LogP contribution is 2.16. The summed E-state index contributed by atoms with van der Waals surface area (Å²) in [5, 5.41) is 3.44. The van der Waals surface area contributed by atoms with Crippen LogP contribution in [0.2, 0.25) is 0 Å². The third-order valence-corrected chi connectivity index (χ3v) is 3.95. The Bertz CT molecular complexity index is 446. The molecule has 2 rings (SSSR count). The molecule has 1 fully saturated rings. The Morgan fingerprint density at radius 3 is 2.95 bits per heavy atom. The lowest BCUT2D eigenvalue weighted by Crippen LogP contribution is -2.32. The summed E-state index contributed by atoms with van der Waals surface area (Å²) in [5.41, 5.74) is 1.79. The molecule has 5 heteroatoms. The lowest BCUT2D eigenvalue weighted by atomic mass is 10.1. The third kappa shape index (κ3) is 5.30. The van der Waals surface area contributed by atoms with Crippen molar-refractivity contribution in [1.29, 1.82) is 0 Å². The van der Waals surface area contributed by atoms with Crippen molar-refractivity contribution in [3.8, 4) is 0 Å². The van der Waals surface area contributed by atoms with Gasteiger partial charge in [-0.15, -0.1) is 12.4 Å². The predicted octanol–water partition coefficient (Wildman–Crippen LogP) is 2.47. The number of nitrogens with zero attached hydrogens (tertiary/aromatic N) is 1. The fourth-order valence-electron chi connectivity index (χ4n) is 2.77. The molecular weight excluding hydrogens is 288 g/mol. The summed E-state index contributed by atoms with van der Waals surface area (Å²) < 4.78 is 4.77. The van der Waals surface area contributed by atoms with Gasteiger partial charge in [0.2, 0.25) is 0 Å². The van der Waals surface area contributed by atoms with Crippen LogP contribution in [-0.4, -0.2) is 44.2 Å². The standard InChI is InChI=1S/C16H24N2O2.ClH/c1-18(15-7-4-9-17-10-8-15)12-13-5-3-6-14(11-13)16(19)20-2;/h3,5-6,11,15,17H,4,7-10,12H2,1-2H3;1H. The maximum absolute atomic E-state index is 11.6. The van der Waals surface area contributed by atoms with Crippen LogP contribution >= 0.6 is 12.4 Å². The van der Waals surface area contributed by atoms with E-state index < -0.39 is 0 Å². The minimum Gasteiger partial charge on any atom is -0.465 e. The third-order valence-electron chi connectivity index (χ3n) is 3.95. The van der Waals surface area contributed by atoms with Crippen LogP contribution in [0, 0.1) is 0 Å². The molecule has 1 unspecified atom stereocenters. The van der Waals surface area contributed by atoms with Crippen molar-refractivity contribution >= 4 is 18.4 Å². The van der Waals surface area contributed by atoms with Gasteiger partial charge in [0, 0.05) is 12.6 Å². The number of nitrogens with one attached hydrogen (secondary N) is 1. The summed E-state index contributed by atoms with van der Waals surface area (Å²) in [5.74, 6) is -0.270. The Kier molecular flexibility index (Phi) is 7.72. The van der Waals surface area contributed by atoms with E-state index >= 15 is 0 Å². The summed E-state index contributed by atoms with van der Waals surface area (Å²) in [6.07, 6.45) is 3.66. The highest BCUT2D eigenvalue weighted by atomic mass is 35.5. The van der Waals surface area contributed by atoms with Gasteiger partial charge in [-0.2, -0.15) is 0 Å². The second-order valence-electron chi connectivity index (χ2n) is 5.44. The van der Waals surface area contributed by atoms with Crippen molar-refractivity contribution in [3.05, 3.63) is 35.4 Å². The second-order valence-corrected chi connectivity index (χ2v) is 5.44. The minimum absolute atomic E-state index is 0. The van der Waals surface area contributed by atoms with Gasteiger partial charge in [-0.25, -0.2) is 4.79 Å². The van der Waals surface area contributed by atoms with E-state index in [1.54, 1.807) is 6.07 Å². The smallest absolute Gasteiger partial charge is 0.337 e. The van der Waals surface area contributed by atoms with E-state index in [0.717, 1.165) is 25.2 Å². The first-order valence-electron chi connectivity index (χ1n) is 7.29. The Labute approximate surface area is 133 Å². The molecule has 0 aromatic heterocycles. The Morgan fingerprint density at radius 2 is 2.19 bits per heavy atom. The molecular formula is C16H25ClN2O2. The largest absolute Gasteiger partial charge is 0.465 e. The molecule has 1 aromatic carbocycles. The molecule has 0 aliphatic carbocycles. The number of methoxy groups -OCH3 is 1. The number of carbonyl (C=O) groups is 1. The number of hydrogen-bond donors (Lipinski definition) is 1. The topological polar surface area (TPSA) is 41.6 Å². The van der Waals surface area contributed by atoms with E-state index in [1.807, 2.05) is 12.1 Å². The van der Waals surface area contributed by atoms with E-state index in [9.17, 15) is 4.79 Å². The average molecular weight is 313 g/mol. The Hall–Kier alpha value is -1.10. The number of halogens is 1. The van der Waals surface area contributed by atoms with E-state index in [1.165, 1.54) is 26.4 Å². The van der Waals surface area contributed by atoms with E-state index in [4.69, 9.17) is 4.74 Å². The van der Waals surface area contributed by atoms with Crippen LogP contribution in [-0.2, 0) is 11.3 Å². The van der Waals surface area contributed by atoms with Gasteiger partial charge in [0.25, 0.3) is 0 Å². The minimum atomic E-state index is -0.270. The first-order chi connectivity index (χ1) is 9.70. The van der Waals surface area contributed by atoms with Gasteiger partial charge in [-0.1, -0.05) is 12.1 Å². The molecule has 1 aliphatic heterocycles.